The van der Waals surface area contributed by atoms with Crippen molar-refractivity contribution in [2.45, 2.75) is 11.3 Å². The Morgan fingerprint density at radius 2 is 1.81 bits per heavy atom. The molecule has 1 aliphatic rings. The number of hydrogen-bond acceptors (Lipinski definition) is 5. The highest BCUT2D eigenvalue weighted by Gasteiger charge is 2.30. The van der Waals surface area contributed by atoms with Crippen LogP contribution in [0.2, 0.25) is 0 Å². The molecular formula is C19H18N2O5S. The molecular weight excluding hydrogens is 368 g/mol. The van der Waals surface area contributed by atoms with E-state index in [4.69, 9.17) is 5.73 Å². The topological polar surface area (TPSA) is 107 Å². The standard InChI is InChI=1S/C19H18N2O5S/c20-18(22)13-26-19(23)10-7-14-5-8-16(9-6-14)27(24,25)21-12-11-15-3-1-2-4-17(15)21/h1-10H,11-13H2,(H2,20,22)/b10-7+. The van der Waals surface area contributed by atoms with Crippen LogP contribution in [0.25, 0.3) is 6.08 Å². The lowest BCUT2D eigenvalue weighted by molar-refractivity contribution is -0.142. The Morgan fingerprint density at radius 3 is 2.52 bits per heavy atom. The molecule has 2 aromatic rings. The van der Waals surface area contributed by atoms with Crippen LogP contribution in [0.3, 0.4) is 0 Å². The van der Waals surface area contributed by atoms with Gasteiger partial charge in [0.25, 0.3) is 15.9 Å². The Bertz CT molecular complexity index is 997. The van der Waals surface area contributed by atoms with Crippen molar-refractivity contribution in [1.82, 2.24) is 0 Å². The Labute approximate surface area is 157 Å². The summed E-state index contributed by atoms with van der Waals surface area (Å²) in [6, 6.07) is 13.6. The first kappa shape index (κ1) is 18.7. The molecule has 0 aromatic heterocycles. The van der Waals surface area contributed by atoms with Crippen LogP contribution in [0, 0.1) is 0 Å². The molecule has 2 N–H and O–H groups in total. The van der Waals surface area contributed by atoms with E-state index in [1.807, 2.05) is 18.2 Å². The Kier molecular flexibility index (Phi) is 5.27. The number of para-hydroxylation sites is 1. The highest BCUT2D eigenvalue weighted by molar-refractivity contribution is 7.92. The molecule has 1 amide bonds. The molecule has 8 heteroatoms. The van der Waals surface area contributed by atoms with Gasteiger partial charge in [0.05, 0.1) is 10.6 Å². The van der Waals surface area contributed by atoms with Crippen LogP contribution in [-0.4, -0.2) is 33.4 Å². The van der Waals surface area contributed by atoms with Gasteiger partial charge >= 0.3 is 5.97 Å². The number of amides is 1. The number of esters is 1. The molecule has 140 valence electrons. The summed E-state index contributed by atoms with van der Waals surface area (Å²) >= 11 is 0. The number of rotatable bonds is 6. The average Bonchev–Trinajstić information content (AvgIpc) is 3.10. The third-order valence-corrected chi connectivity index (χ3v) is 5.91. The first-order valence-electron chi connectivity index (χ1n) is 8.22. The molecule has 27 heavy (non-hydrogen) atoms. The molecule has 0 radical (unpaired) electrons. The highest BCUT2D eigenvalue weighted by atomic mass is 32.2. The summed E-state index contributed by atoms with van der Waals surface area (Å²) < 4.78 is 31.8. The lowest BCUT2D eigenvalue weighted by Gasteiger charge is -2.19. The van der Waals surface area contributed by atoms with Gasteiger partial charge in [0.2, 0.25) is 0 Å². The number of fused-ring (bicyclic) bond motifs is 1. The summed E-state index contributed by atoms with van der Waals surface area (Å²) in [4.78, 5) is 22.1. The van der Waals surface area contributed by atoms with Crippen molar-refractivity contribution in [1.29, 1.82) is 0 Å². The van der Waals surface area contributed by atoms with Gasteiger partial charge in [0, 0.05) is 12.6 Å². The summed E-state index contributed by atoms with van der Waals surface area (Å²) in [6.45, 7) is -0.0767. The van der Waals surface area contributed by atoms with Crippen LogP contribution in [0.4, 0.5) is 5.69 Å². The number of carbonyl (C=O) groups excluding carboxylic acids is 2. The van der Waals surface area contributed by atoms with Crippen molar-refractivity contribution >= 4 is 33.7 Å². The van der Waals surface area contributed by atoms with Crippen LogP contribution in [-0.2, 0) is 30.8 Å². The van der Waals surface area contributed by atoms with Gasteiger partial charge in [-0.05, 0) is 41.8 Å². The smallest absolute Gasteiger partial charge is 0.331 e. The fourth-order valence-corrected chi connectivity index (χ4v) is 4.29. The zero-order valence-corrected chi connectivity index (χ0v) is 15.2. The molecule has 7 nitrogen and oxygen atoms in total. The van der Waals surface area contributed by atoms with Crippen LogP contribution >= 0.6 is 0 Å². The van der Waals surface area contributed by atoms with E-state index in [9.17, 15) is 18.0 Å². The number of carbonyl (C=O) groups is 2. The van der Waals surface area contributed by atoms with Gasteiger partial charge < -0.3 is 10.5 Å². The quantitative estimate of drug-likeness (QED) is 0.598. The molecule has 0 fully saturated rings. The van der Waals surface area contributed by atoms with E-state index in [1.54, 1.807) is 18.2 Å². The number of anilines is 1. The summed E-state index contributed by atoms with van der Waals surface area (Å²) in [5.74, 6) is -1.45. The molecule has 0 aliphatic carbocycles. The summed E-state index contributed by atoms with van der Waals surface area (Å²) in [5, 5.41) is 0. The maximum atomic E-state index is 12.9. The third-order valence-electron chi connectivity index (χ3n) is 4.08. The minimum Gasteiger partial charge on any atom is -0.452 e. The second-order valence-corrected chi connectivity index (χ2v) is 7.79. The van der Waals surface area contributed by atoms with Gasteiger partial charge in [-0.1, -0.05) is 30.3 Å². The molecule has 0 atom stereocenters. The lowest BCUT2D eigenvalue weighted by Crippen LogP contribution is -2.29. The van der Waals surface area contributed by atoms with E-state index >= 15 is 0 Å². The number of primary amides is 1. The van der Waals surface area contributed by atoms with E-state index in [0.717, 1.165) is 11.6 Å². The summed E-state index contributed by atoms with van der Waals surface area (Å²) in [5.41, 5.74) is 7.22. The normalized spacial score (nSPS) is 13.6. The molecule has 2 aromatic carbocycles. The van der Waals surface area contributed by atoms with E-state index < -0.39 is 28.5 Å². The van der Waals surface area contributed by atoms with Crippen LogP contribution in [0.15, 0.2) is 59.5 Å². The van der Waals surface area contributed by atoms with Gasteiger partial charge in [0.1, 0.15) is 0 Å². The van der Waals surface area contributed by atoms with Crippen LogP contribution in [0.1, 0.15) is 11.1 Å². The lowest BCUT2D eigenvalue weighted by atomic mass is 10.2. The van der Waals surface area contributed by atoms with Crippen molar-refractivity contribution in [3.05, 3.63) is 65.7 Å². The van der Waals surface area contributed by atoms with Crippen LogP contribution in [0.5, 0.6) is 0 Å². The monoisotopic (exact) mass is 386 g/mol. The van der Waals surface area contributed by atoms with Gasteiger partial charge in [-0.3, -0.25) is 9.10 Å². The van der Waals surface area contributed by atoms with Crippen molar-refractivity contribution < 1.29 is 22.7 Å². The van der Waals surface area contributed by atoms with Crippen molar-refractivity contribution in [2.24, 2.45) is 5.73 Å². The van der Waals surface area contributed by atoms with E-state index in [1.165, 1.54) is 22.5 Å². The molecule has 0 bridgehead atoms. The second-order valence-electron chi connectivity index (χ2n) is 5.93. The van der Waals surface area contributed by atoms with Crippen molar-refractivity contribution in [2.75, 3.05) is 17.5 Å². The molecule has 0 saturated heterocycles. The van der Waals surface area contributed by atoms with Crippen LogP contribution < -0.4 is 10.0 Å². The maximum Gasteiger partial charge on any atom is 0.331 e. The Balaban J connectivity index is 1.74. The van der Waals surface area contributed by atoms with E-state index in [2.05, 4.69) is 4.74 Å². The molecule has 0 saturated carbocycles. The molecule has 0 unspecified atom stereocenters. The number of ether oxygens (including phenoxy) is 1. The van der Waals surface area contributed by atoms with E-state index in [-0.39, 0.29) is 4.90 Å². The fraction of sp³-hybridized carbons (Fsp3) is 0.158. The van der Waals surface area contributed by atoms with Crippen molar-refractivity contribution in [3.8, 4) is 0 Å². The minimum atomic E-state index is -3.65. The Hall–Kier alpha value is -3.13. The average molecular weight is 386 g/mol. The number of nitrogens with zero attached hydrogens (tertiary/aromatic N) is 1. The molecule has 0 spiro atoms. The largest absolute Gasteiger partial charge is 0.452 e. The van der Waals surface area contributed by atoms with Gasteiger partial charge in [-0.2, -0.15) is 0 Å². The first-order valence-corrected chi connectivity index (χ1v) is 9.66. The van der Waals surface area contributed by atoms with Crippen molar-refractivity contribution in [3.63, 3.8) is 0 Å². The third kappa shape index (κ3) is 4.17. The Morgan fingerprint density at radius 1 is 1.11 bits per heavy atom. The fourth-order valence-electron chi connectivity index (χ4n) is 2.79. The van der Waals surface area contributed by atoms with Gasteiger partial charge in [0.15, 0.2) is 6.61 Å². The zero-order valence-electron chi connectivity index (χ0n) is 14.4. The number of benzene rings is 2. The van der Waals surface area contributed by atoms with E-state index in [0.29, 0.717) is 24.2 Å². The number of nitrogens with two attached hydrogens (primary N) is 1. The summed E-state index contributed by atoms with van der Waals surface area (Å²) in [6.07, 6.45) is 3.29. The highest BCUT2D eigenvalue weighted by Crippen LogP contribution is 2.32. The number of hydrogen-bond donors (Lipinski definition) is 1. The second kappa shape index (κ2) is 7.63. The van der Waals surface area contributed by atoms with Gasteiger partial charge in [-0.15, -0.1) is 0 Å². The molecule has 1 heterocycles. The molecule has 3 rings (SSSR count). The summed E-state index contributed by atoms with van der Waals surface area (Å²) in [7, 11) is -3.65. The van der Waals surface area contributed by atoms with Gasteiger partial charge in [-0.25, -0.2) is 13.2 Å². The number of sulfonamides is 1. The SMILES string of the molecule is NC(=O)COC(=O)/C=C/c1ccc(S(=O)(=O)N2CCc3ccccc32)cc1. The predicted octanol–water partition coefficient (Wildman–Crippen LogP) is 1.48. The molecule has 1 aliphatic heterocycles. The minimum absolute atomic E-state index is 0.174. The zero-order chi connectivity index (χ0) is 19.4. The first-order chi connectivity index (χ1) is 12.9. The predicted molar refractivity (Wildman–Crippen MR) is 100 cm³/mol. The maximum absolute atomic E-state index is 12.9.